The van der Waals surface area contributed by atoms with Gasteiger partial charge in [0.05, 0.1) is 0 Å². The highest BCUT2D eigenvalue weighted by Gasteiger charge is 2.20. The Bertz CT molecular complexity index is 857. The number of imidazole rings is 1. The Morgan fingerprint density at radius 3 is 2.70 bits per heavy atom. The smallest absolute Gasteiger partial charge is 0.290 e. The van der Waals surface area contributed by atoms with Gasteiger partial charge in [0.1, 0.15) is 5.65 Å². The number of carbonyl (C=O) groups excluding carboxylic acids is 1. The molecular formula is C13H12FN5O4. The topological polar surface area (TPSA) is 123 Å². The van der Waals surface area contributed by atoms with Gasteiger partial charge in [-0.1, -0.05) is 6.07 Å². The van der Waals surface area contributed by atoms with Crippen LogP contribution >= 0.6 is 0 Å². The summed E-state index contributed by atoms with van der Waals surface area (Å²) in [6, 6.07) is 3.42. The van der Waals surface area contributed by atoms with Crippen molar-refractivity contribution in [2.75, 3.05) is 5.32 Å². The van der Waals surface area contributed by atoms with E-state index in [4.69, 9.17) is 14.4 Å². The molecular weight excluding hydrogens is 309 g/mol. The van der Waals surface area contributed by atoms with Gasteiger partial charge in [-0.25, -0.2) is 4.98 Å². The Morgan fingerprint density at radius 2 is 2.09 bits per heavy atom. The summed E-state index contributed by atoms with van der Waals surface area (Å²) in [5.74, 6) is -1.20. The van der Waals surface area contributed by atoms with Crippen molar-refractivity contribution in [2.45, 2.75) is 13.8 Å². The average Bonchev–Trinajstić information content (AvgIpc) is 3.04. The van der Waals surface area contributed by atoms with E-state index < -0.39 is 11.9 Å². The third-order valence-electron chi connectivity index (χ3n) is 2.68. The first-order valence-electron chi connectivity index (χ1n) is 6.30. The van der Waals surface area contributed by atoms with Crippen LogP contribution in [0.1, 0.15) is 21.9 Å². The molecule has 0 aromatic carbocycles. The highest BCUT2D eigenvalue weighted by molar-refractivity contribution is 6.02. The highest BCUT2D eigenvalue weighted by Crippen LogP contribution is 2.14. The van der Waals surface area contributed by atoms with Crippen molar-refractivity contribution in [1.29, 1.82) is 0 Å². The maximum absolute atomic E-state index is 14.1. The zero-order chi connectivity index (χ0) is 17.0. The van der Waals surface area contributed by atoms with Crippen molar-refractivity contribution in [3.63, 3.8) is 0 Å². The first-order valence-corrected chi connectivity index (χ1v) is 6.30. The van der Waals surface area contributed by atoms with Crippen LogP contribution in [-0.4, -0.2) is 37.0 Å². The van der Waals surface area contributed by atoms with Crippen molar-refractivity contribution >= 4 is 24.0 Å². The van der Waals surface area contributed by atoms with Crippen LogP contribution in [0.15, 0.2) is 22.9 Å². The van der Waals surface area contributed by atoms with E-state index in [1.165, 1.54) is 4.40 Å². The number of carboxylic acid groups (broad SMARTS) is 1. The number of anilines is 1. The lowest BCUT2D eigenvalue weighted by Crippen LogP contribution is -2.15. The van der Waals surface area contributed by atoms with Crippen LogP contribution < -0.4 is 5.32 Å². The van der Waals surface area contributed by atoms with E-state index in [1.807, 2.05) is 6.92 Å². The molecule has 0 unspecified atom stereocenters. The van der Waals surface area contributed by atoms with Gasteiger partial charge in [0.15, 0.2) is 5.69 Å². The third-order valence-corrected chi connectivity index (χ3v) is 2.68. The van der Waals surface area contributed by atoms with Gasteiger partial charge in [-0.15, -0.1) is 0 Å². The Hall–Kier alpha value is -3.30. The van der Waals surface area contributed by atoms with Gasteiger partial charge in [0.25, 0.3) is 18.3 Å². The molecule has 23 heavy (non-hydrogen) atoms. The number of aryl methyl sites for hydroxylation is 2. The average molecular weight is 321 g/mol. The Morgan fingerprint density at radius 1 is 1.39 bits per heavy atom. The van der Waals surface area contributed by atoms with E-state index >= 15 is 0 Å². The molecule has 120 valence electrons. The summed E-state index contributed by atoms with van der Waals surface area (Å²) in [6.07, 6.45) is 1.56. The fraction of sp³-hybridized carbons (Fsp3) is 0.154. The van der Waals surface area contributed by atoms with Crippen LogP contribution in [0.25, 0.3) is 5.65 Å². The number of hydrogen-bond acceptors (Lipinski definition) is 6. The molecule has 3 rings (SSSR count). The fourth-order valence-electron chi connectivity index (χ4n) is 1.78. The van der Waals surface area contributed by atoms with Crippen LogP contribution in [-0.2, 0) is 4.79 Å². The number of nitrogens with zero attached hydrogens (tertiary/aromatic N) is 4. The number of hydrogen-bond donors (Lipinski definition) is 2. The van der Waals surface area contributed by atoms with Gasteiger partial charge in [-0.2, -0.15) is 9.37 Å². The van der Waals surface area contributed by atoms with Crippen molar-refractivity contribution in [1.82, 2.24) is 19.5 Å². The number of rotatable bonds is 2. The van der Waals surface area contributed by atoms with Crippen molar-refractivity contribution in [2.24, 2.45) is 0 Å². The van der Waals surface area contributed by atoms with E-state index in [9.17, 15) is 9.18 Å². The molecule has 0 saturated heterocycles. The van der Waals surface area contributed by atoms with E-state index in [1.54, 1.807) is 25.3 Å². The number of pyridine rings is 1. The molecule has 9 nitrogen and oxygen atoms in total. The molecule has 0 spiro atoms. The minimum absolute atomic E-state index is 0.0277. The van der Waals surface area contributed by atoms with E-state index in [0.29, 0.717) is 11.5 Å². The second-order valence-corrected chi connectivity index (χ2v) is 4.38. The maximum atomic E-state index is 14.1. The number of fused-ring (bicyclic) bond motifs is 1. The predicted octanol–water partition coefficient (Wildman–Crippen LogP) is 1.43. The van der Waals surface area contributed by atoms with E-state index in [0.717, 1.165) is 5.56 Å². The second kappa shape index (κ2) is 6.64. The lowest BCUT2D eigenvalue weighted by atomic mass is 10.3. The van der Waals surface area contributed by atoms with Crippen LogP contribution in [0.4, 0.5) is 10.3 Å². The van der Waals surface area contributed by atoms with Crippen molar-refractivity contribution < 1.29 is 23.6 Å². The monoisotopic (exact) mass is 321 g/mol. The predicted molar refractivity (Wildman–Crippen MR) is 75.6 cm³/mol. The van der Waals surface area contributed by atoms with Gasteiger partial charge in [-0.3, -0.25) is 19.3 Å². The minimum atomic E-state index is -0.735. The Labute approximate surface area is 128 Å². The zero-order valence-electron chi connectivity index (χ0n) is 12.1. The second-order valence-electron chi connectivity index (χ2n) is 4.38. The first kappa shape index (κ1) is 16.1. The van der Waals surface area contributed by atoms with E-state index in [-0.39, 0.29) is 18.1 Å². The molecule has 0 aliphatic carbocycles. The van der Waals surface area contributed by atoms with Gasteiger partial charge in [-0.05, 0) is 23.7 Å². The number of aromatic nitrogens is 4. The number of carbonyl (C=O) groups is 2. The normalized spacial score (nSPS) is 10.0. The number of nitrogens with one attached hydrogen (secondary N) is 1. The fourth-order valence-corrected chi connectivity index (χ4v) is 1.78. The molecule has 0 bridgehead atoms. The molecule has 3 aromatic rings. The molecule has 0 fully saturated rings. The maximum Gasteiger partial charge on any atom is 0.290 e. The lowest BCUT2D eigenvalue weighted by Gasteiger charge is -1.96. The van der Waals surface area contributed by atoms with Gasteiger partial charge < -0.3 is 9.63 Å². The van der Waals surface area contributed by atoms with Crippen molar-refractivity contribution in [3.05, 3.63) is 41.4 Å². The molecule has 3 heterocycles. The Balaban J connectivity index is 0.000000595. The molecule has 0 aliphatic rings. The minimum Gasteiger partial charge on any atom is -0.483 e. The third kappa shape index (κ3) is 3.48. The summed E-state index contributed by atoms with van der Waals surface area (Å²) in [5, 5.41) is 12.7. The quantitative estimate of drug-likeness (QED) is 0.684. The lowest BCUT2D eigenvalue weighted by molar-refractivity contribution is -0.122. The zero-order valence-corrected chi connectivity index (χ0v) is 12.1. The summed E-state index contributed by atoms with van der Waals surface area (Å²) >= 11 is 0. The van der Waals surface area contributed by atoms with Crippen LogP contribution in [0.5, 0.6) is 0 Å². The summed E-state index contributed by atoms with van der Waals surface area (Å²) < 4.78 is 20.1. The SMILES string of the molecule is Cc1ccc2nc(C(=O)Nc3noc(C)n3)c(F)n2c1.O=CO. The highest BCUT2D eigenvalue weighted by atomic mass is 19.1. The van der Waals surface area contributed by atoms with Crippen LogP contribution in [0.3, 0.4) is 0 Å². The largest absolute Gasteiger partial charge is 0.483 e. The molecule has 2 N–H and O–H groups in total. The summed E-state index contributed by atoms with van der Waals surface area (Å²) in [7, 11) is 0. The van der Waals surface area contributed by atoms with Crippen LogP contribution in [0.2, 0.25) is 0 Å². The number of halogens is 1. The van der Waals surface area contributed by atoms with E-state index in [2.05, 4.69) is 20.4 Å². The molecule has 10 heteroatoms. The summed E-state index contributed by atoms with van der Waals surface area (Å²) in [6.45, 7) is 3.15. The molecule has 0 saturated carbocycles. The Kier molecular flexibility index (Phi) is 4.64. The first-order chi connectivity index (χ1) is 11.0. The summed E-state index contributed by atoms with van der Waals surface area (Å²) in [5.41, 5.74) is 0.884. The molecule has 0 aliphatic heterocycles. The van der Waals surface area contributed by atoms with Crippen LogP contribution in [0, 0.1) is 19.8 Å². The molecule has 1 amide bonds. The number of amides is 1. The van der Waals surface area contributed by atoms with Gasteiger partial charge in [0.2, 0.25) is 11.8 Å². The standard InChI is InChI=1S/C12H10FN5O2.CH2O2/c1-6-3-4-8-15-9(10(13)18(8)5-6)11(19)16-12-14-7(2)20-17-12;2-1-3/h3-5H,1-2H3,(H,16,17,19);1H,(H,2,3). The molecule has 3 aromatic heterocycles. The van der Waals surface area contributed by atoms with Gasteiger partial charge in [0, 0.05) is 13.1 Å². The molecule has 0 radical (unpaired) electrons. The van der Waals surface area contributed by atoms with Gasteiger partial charge >= 0.3 is 0 Å². The van der Waals surface area contributed by atoms with Crippen molar-refractivity contribution in [3.8, 4) is 0 Å². The molecule has 0 atom stereocenters. The summed E-state index contributed by atoms with van der Waals surface area (Å²) in [4.78, 5) is 28.1.